The number of nitrogens with zero attached hydrogens (tertiary/aromatic N) is 3. The van der Waals surface area contributed by atoms with Crippen molar-refractivity contribution < 1.29 is 23.6 Å². The van der Waals surface area contributed by atoms with Crippen molar-refractivity contribution in [3.8, 4) is 0 Å². The highest BCUT2D eigenvalue weighted by atomic mass is 19.1. The predicted molar refractivity (Wildman–Crippen MR) is 138 cm³/mol. The zero-order valence-corrected chi connectivity index (χ0v) is 21.6. The van der Waals surface area contributed by atoms with Crippen molar-refractivity contribution in [3.63, 3.8) is 0 Å². The standard InChI is InChI=1S/C28H33FN4O4/c1-17(2)15-22(30-26(35)18-7-11-21(12-8-18)31(3)4)28(37)32-14-13-23-25(32)24(34)16-33(23)27(36)19-5-9-20(29)10-6-19/h5-12,17,22-23,25H,13-16H2,1-4H3,(H,30,35)/t22-,23?,25?/m0/s1. The Balaban J connectivity index is 1.49. The minimum atomic E-state index is -0.797. The number of likely N-dealkylation sites (tertiary alicyclic amines) is 2. The van der Waals surface area contributed by atoms with Crippen LogP contribution in [0.1, 0.15) is 47.4 Å². The van der Waals surface area contributed by atoms with Crippen LogP contribution in [0.2, 0.25) is 0 Å². The summed E-state index contributed by atoms with van der Waals surface area (Å²) in [4.78, 5) is 57.7. The minimum absolute atomic E-state index is 0.102. The van der Waals surface area contributed by atoms with Gasteiger partial charge in [-0.05, 0) is 67.3 Å². The van der Waals surface area contributed by atoms with Crippen LogP contribution in [-0.4, -0.2) is 78.6 Å². The summed E-state index contributed by atoms with van der Waals surface area (Å²) in [6.45, 7) is 4.15. The first kappa shape index (κ1) is 26.3. The number of amides is 3. The van der Waals surface area contributed by atoms with E-state index in [9.17, 15) is 23.6 Å². The largest absolute Gasteiger partial charge is 0.378 e. The first-order chi connectivity index (χ1) is 17.6. The Labute approximate surface area is 216 Å². The van der Waals surface area contributed by atoms with Crippen LogP contribution in [0.25, 0.3) is 0 Å². The van der Waals surface area contributed by atoms with Crippen LogP contribution in [0, 0.1) is 11.7 Å². The van der Waals surface area contributed by atoms with Crippen LogP contribution in [0.15, 0.2) is 48.5 Å². The van der Waals surface area contributed by atoms with Gasteiger partial charge >= 0.3 is 0 Å². The molecule has 9 heteroatoms. The Hall–Kier alpha value is -3.75. The maximum absolute atomic E-state index is 13.7. The van der Waals surface area contributed by atoms with Crippen LogP contribution in [-0.2, 0) is 9.59 Å². The van der Waals surface area contributed by atoms with Gasteiger partial charge in [0.25, 0.3) is 11.8 Å². The van der Waals surface area contributed by atoms with Crippen molar-refractivity contribution in [2.24, 2.45) is 5.92 Å². The molecule has 0 aliphatic carbocycles. The monoisotopic (exact) mass is 508 g/mol. The lowest BCUT2D eigenvalue weighted by atomic mass is 10.0. The Kier molecular flexibility index (Phi) is 7.61. The van der Waals surface area contributed by atoms with Gasteiger partial charge in [-0.3, -0.25) is 19.2 Å². The predicted octanol–water partition coefficient (Wildman–Crippen LogP) is 2.73. The number of anilines is 1. The molecule has 196 valence electrons. The van der Waals surface area contributed by atoms with Gasteiger partial charge in [0.05, 0.1) is 12.6 Å². The fourth-order valence-corrected chi connectivity index (χ4v) is 5.14. The van der Waals surface area contributed by atoms with Crippen molar-refractivity contribution in [2.75, 3.05) is 32.1 Å². The maximum Gasteiger partial charge on any atom is 0.254 e. The molecule has 2 aromatic carbocycles. The third-order valence-corrected chi connectivity index (χ3v) is 7.01. The van der Waals surface area contributed by atoms with Crippen LogP contribution in [0.3, 0.4) is 0 Å². The van der Waals surface area contributed by atoms with E-state index in [1.807, 2.05) is 45.0 Å². The molecule has 2 heterocycles. The molecule has 0 aromatic heterocycles. The molecule has 0 radical (unpaired) electrons. The van der Waals surface area contributed by atoms with E-state index in [1.54, 1.807) is 12.1 Å². The highest BCUT2D eigenvalue weighted by Crippen LogP contribution is 2.32. The molecule has 2 saturated heterocycles. The van der Waals surface area contributed by atoms with Crippen molar-refractivity contribution in [3.05, 3.63) is 65.5 Å². The van der Waals surface area contributed by atoms with Gasteiger partial charge < -0.3 is 20.0 Å². The van der Waals surface area contributed by atoms with Gasteiger partial charge in [0, 0.05) is 37.5 Å². The van der Waals surface area contributed by atoms with Gasteiger partial charge in [-0.15, -0.1) is 0 Å². The molecular formula is C28H33FN4O4. The van der Waals surface area contributed by atoms with Gasteiger partial charge in [-0.1, -0.05) is 13.8 Å². The third kappa shape index (κ3) is 5.50. The molecule has 2 aliphatic rings. The lowest BCUT2D eigenvalue weighted by Gasteiger charge is -2.29. The molecule has 0 spiro atoms. The summed E-state index contributed by atoms with van der Waals surface area (Å²) in [6.07, 6.45) is 0.879. The van der Waals surface area contributed by atoms with Gasteiger partial charge in [-0.25, -0.2) is 4.39 Å². The molecule has 3 amide bonds. The van der Waals surface area contributed by atoms with Crippen molar-refractivity contribution in [1.29, 1.82) is 0 Å². The lowest BCUT2D eigenvalue weighted by molar-refractivity contribution is -0.138. The second-order valence-corrected chi connectivity index (χ2v) is 10.3. The smallest absolute Gasteiger partial charge is 0.254 e. The topological polar surface area (TPSA) is 90.0 Å². The first-order valence-electron chi connectivity index (χ1n) is 12.5. The molecule has 4 rings (SSSR count). The number of carbonyl (C=O) groups is 4. The van der Waals surface area contributed by atoms with Crippen LogP contribution >= 0.6 is 0 Å². The number of hydrogen-bond acceptors (Lipinski definition) is 5. The fraction of sp³-hybridized carbons (Fsp3) is 0.429. The zero-order valence-electron chi connectivity index (χ0n) is 21.6. The fourth-order valence-electron chi connectivity index (χ4n) is 5.14. The van der Waals surface area contributed by atoms with Gasteiger partial charge in [0.1, 0.15) is 17.9 Å². The SMILES string of the molecule is CC(C)C[C@H](NC(=O)c1ccc(N(C)C)cc1)C(=O)N1CCC2C1C(=O)CN2C(=O)c1ccc(F)cc1. The second-order valence-electron chi connectivity index (χ2n) is 10.3. The third-order valence-electron chi connectivity index (χ3n) is 7.01. The molecule has 3 atom stereocenters. The van der Waals surface area contributed by atoms with E-state index < -0.39 is 23.9 Å². The summed E-state index contributed by atoms with van der Waals surface area (Å²) in [5.74, 6) is -1.56. The summed E-state index contributed by atoms with van der Waals surface area (Å²) in [7, 11) is 3.82. The summed E-state index contributed by atoms with van der Waals surface area (Å²) in [5, 5.41) is 2.88. The number of fused-ring (bicyclic) bond motifs is 1. The highest BCUT2D eigenvalue weighted by Gasteiger charge is 2.52. The molecule has 2 aliphatic heterocycles. The second kappa shape index (κ2) is 10.7. The van der Waals surface area contributed by atoms with E-state index in [-0.39, 0.29) is 36.0 Å². The molecule has 8 nitrogen and oxygen atoms in total. The Morgan fingerprint density at radius 3 is 2.22 bits per heavy atom. The Morgan fingerprint density at radius 1 is 1.00 bits per heavy atom. The molecule has 37 heavy (non-hydrogen) atoms. The van der Waals surface area contributed by atoms with Crippen LogP contribution in [0.4, 0.5) is 10.1 Å². The number of nitrogens with one attached hydrogen (secondary N) is 1. The normalized spacial score (nSPS) is 19.7. The van der Waals surface area contributed by atoms with E-state index in [2.05, 4.69) is 5.32 Å². The molecular weight excluding hydrogens is 475 g/mol. The average molecular weight is 509 g/mol. The first-order valence-corrected chi connectivity index (χ1v) is 12.5. The maximum atomic E-state index is 13.7. The van der Waals surface area contributed by atoms with Crippen molar-refractivity contribution in [2.45, 2.75) is 44.8 Å². The van der Waals surface area contributed by atoms with E-state index in [0.717, 1.165) is 5.69 Å². The molecule has 2 fully saturated rings. The van der Waals surface area contributed by atoms with E-state index in [0.29, 0.717) is 30.5 Å². The summed E-state index contributed by atoms with van der Waals surface area (Å²) in [5.41, 5.74) is 1.69. The summed E-state index contributed by atoms with van der Waals surface area (Å²) < 4.78 is 13.3. The number of rotatable bonds is 7. The van der Waals surface area contributed by atoms with E-state index in [4.69, 9.17) is 0 Å². The Bertz CT molecular complexity index is 1180. The highest BCUT2D eigenvalue weighted by molar-refractivity contribution is 6.03. The minimum Gasteiger partial charge on any atom is -0.378 e. The number of Topliss-reactive ketones (excluding diaryl/α,β-unsaturated/α-hetero) is 1. The number of halogens is 1. The molecule has 1 N–H and O–H groups in total. The lowest BCUT2D eigenvalue weighted by Crippen LogP contribution is -2.53. The molecule has 2 aromatic rings. The van der Waals surface area contributed by atoms with E-state index >= 15 is 0 Å². The average Bonchev–Trinajstić information content (AvgIpc) is 3.44. The molecule has 0 saturated carbocycles. The van der Waals surface area contributed by atoms with Crippen molar-refractivity contribution >= 4 is 29.2 Å². The number of hydrogen-bond donors (Lipinski definition) is 1. The van der Waals surface area contributed by atoms with Crippen LogP contribution < -0.4 is 10.2 Å². The van der Waals surface area contributed by atoms with Gasteiger partial charge in [0.2, 0.25) is 5.91 Å². The Morgan fingerprint density at radius 2 is 1.62 bits per heavy atom. The summed E-state index contributed by atoms with van der Waals surface area (Å²) >= 11 is 0. The van der Waals surface area contributed by atoms with Crippen LogP contribution in [0.5, 0.6) is 0 Å². The van der Waals surface area contributed by atoms with Gasteiger partial charge in [0.15, 0.2) is 5.78 Å². The zero-order chi connectivity index (χ0) is 26.9. The quantitative estimate of drug-likeness (QED) is 0.621. The van der Waals surface area contributed by atoms with Gasteiger partial charge in [-0.2, -0.15) is 0 Å². The van der Waals surface area contributed by atoms with Crippen molar-refractivity contribution in [1.82, 2.24) is 15.1 Å². The number of carbonyl (C=O) groups excluding carboxylic acids is 4. The number of ketones is 1. The molecule has 2 unspecified atom stereocenters. The van der Waals surface area contributed by atoms with E-state index in [1.165, 1.54) is 34.1 Å². The molecule has 0 bridgehead atoms. The number of benzene rings is 2. The summed E-state index contributed by atoms with van der Waals surface area (Å²) in [6, 6.07) is 10.3.